The molecule has 26 heavy (non-hydrogen) atoms. The first-order valence-corrected chi connectivity index (χ1v) is 8.78. The van der Waals surface area contributed by atoms with Gasteiger partial charge in [0.25, 0.3) is 5.91 Å². The molecule has 0 radical (unpaired) electrons. The van der Waals surface area contributed by atoms with E-state index in [2.05, 4.69) is 22.8 Å². The summed E-state index contributed by atoms with van der Waals surface area (Å²) < 4.78 is 5.40. The fraction of sp³-hybridized carbons (Fsp3) is 0.300. The van der Waals surface area contributed by atoms with Crippen LogP contribution in [0.15, 0.2) is 48.5 Å². The number of anilines is 1. The van der Waals surface area contributed by atoms with Gasteiger partial charge in [-0.3, -0.25) is 4.79 Å². The average Bonchev–Trinajstić information content (AvgIpc) is 2.67. The van der Waals surface area contributed by atoms with Crippen LogP contribution in [0, 0.1) is 0 Å². The second kappa shape index (κ2) is 8.38. The molecule has 2 N–H and O–H groups in total. The van der Waals surface area contributed by atoms with Crippen LogP contribution in [0.1, 0.15) is 18.1 Å². The van der Waals surface area contributed by atoms with E-state index in [1.165, 1.54) is 11.1 Å². The fourth-order valence-electron chi connectivity index (χ4n) is 2.90. The molecular formula is C20H23N3O3. The second-order valence-electron chi connectivity index (χ2n) is 6.14. The Bertz CT molecular complexity index is 774. The van der Waals surface area contributed by atoms with Gasteiger partial charge in [0.2, 0.25) is 0 Å². The summed E-state index contributed by atoms with van der Waals surface area (Å²) in [7, 11) is 0. The summed E-state index contributed by atoms with van der Waals surface area (Å²) in [5, 5.41) is 5.58. The van der Waals surface area contributed by atoms with Gasteiger partial charge in [-0.05, 0) is 48.7 Å². The third-order valence-corrected chi connectivity index (χ3v) is 4.27. The molecule has 2 aromatic carbocycles. The fourth-order valence-corrected chi connectivity index (χ4v) is 2.90. The molecule has 0 bridgehead atoms. The van der Waals surface area contributed by atoms with Crippen molar-refractivity contribution in [1.82, 2.24) is 10.2 Å². The third-order valence-electron chi connectivity index (χ3n) is 4.27. The Balaban J connectivity index is 1.53. The van der Waals surface area contributed by atoms with Crippen LogP contribution >= 0.6 is 0 Å². The summed E-state index contributed by atoms with van der Waals surface area (Å²) in [6, 6.07) is 15.1. The van der Waals surface area contributed by atoms with E-state index in [-0.39, 0.29) is 18.5 Å². The number of nitrogens with zero attached hydrogens (tertiary/aromatic N) is 1. The van der Waals surface area contributed by atoms with Crippen molar-refractivity contribution in [1.29, 1.82) is 0 Å². The van der Waals surface area contributed by atoms with E-state index in [0.717, 1.165) is 6.42 Å². The van der Waals surface area contributed by atoms with Crippen LogP contribution in [0.5, 0.6) is 5.75 Å². The molecule has 2 aromatic rings. The van der Waals surface area contributed by atoms with Gasteiger partial charge in [-0.25, -0.2) is 4.79 Å². The Morgan fingerprint density at radius 3 is 2.54 bits per heavy atom. The normalized spacial score (nSPS) is 12.9. The van der Waals surface area contributed by atoms with Gasteiger partial charge in [-0.2, -0.15) is 0 Å². The quantitative estimate of drug-likeness (QED) is 0.868. The second-order valence-corrected chi connectivity index (χ2v) is 6.14. The summed E-state index contributed by atoms with van der Waals surface area (Å²) in [5.41, 5.74) is 3.20. The van der Waals surface area contributed by atoms with Crippen LogP contribution in [-0.2, 0) is 17.8 Å². The van der Waals surface area contributed by atoms with Gasteiger partial charge in [0, 0.05) is 25.3 Å². The van der Waals surface area contributed by atoms with Gasteiger partial charge in [0.15, 0.2) is 6.61 Å². The first kappa shape index (κ1) is 17.8. The molecule has 0 spiro atoms. The van der Waals surface area contributed by atoms with E-state index in [4.69, 9.17) is 4.74 Å². The summed E-state index contributed by atoms with van der Waals surface area (Å²) in [6.07, 6.45) is 0.871. The van der Waals surface area contributed by atoms with Crippen molar-refractivity contribution < 1.29 is 14.3 Å². The van der Waals surface area contributed by atoms with Crippen molar-refractivity contribution in [3.8, 4) is 5.75 Å². The van der Waals surface area contributed by atoms with Gasteiger partial charge in [-0.1, -0.05) is 24.3 Å². The van der Waals surface area contributed by atoms with E-state index in [9.17, 15) is 9.59 Å². The Kier molecular flexibility index (Phi) is 5.73. The zero-order valence-electron chi connectivity index (χ0n) is 14.8. The summed E-state index contributed by atoms with van der Waals surface area (Å²) in [5.74, 6) is 0.427. The highest BCUT2D eigenvalue weighted by molar-refractivity contribution is 5.89. The molecule has 6 heteroatoms. The number of hydrogen-bond acceptors (Lipinski definition) is 3. The van der Waals surface area contributed by atoms with Crippen molar-refractivity contribution >= 4 is 17.6 Å². The minimum atomic E-state index is -0.157. The molecule has 0 fully saturated rings. The Morgan fingerprint density at radius 2 is 1.81 bits per heavy atom. The van der Waals surface area contributed by atoms with Crippen molar-refractivity contribution in [2.75, 3.05) is 25.0 Å². The molecule has 1 heterocycles. The van der Waals surface area contributed by atoms with Gasteiger partial charge in [0.05, 0.1) is 0 Å². The molecule has 1 aliphatic rings. The number of ether oxygens (including phenoxy) is 1. The number of nitrogens with one attached hydrogen (secondary N) is 2. The van der Waals surface area contributed by atoms with Crippen LogP contribution in [0.2, 0.25) is 0 Å². The zero-order valence-corrected chi connectivity index (χ0v) is 14.8. The minimum absolute atomic E-state index is 0.0211. The largest absolute Gasteiger partial charge is 0.484 e. The molecule has 0 aromatic heterocycles. The maximum Gasteiger partial charge on any atom is 0.322 e. The van der Waals surface area contributed by atoms with Crippen molar-refractivity contribution in [2.24, 2.45) is 0 Å². The lowest BCUT2D eigenvalue weighted by atomic mass is 10.0. The number of fused-ring (bicyclic) bond motifs is 1. The first-order chi connectivity index (χ1) is 12.7. The lowest BCUT2D eigenvalue weighted by Gasteiger charge is -2.29. The predicted octanol–water partition coefficient (Wildman–Crippen LogP) is 2.79. The highest BCUT2D eigenvalue weighted by atomic mass is 16.5. The number of amides is 3. The Hall–Kier alpha value is -3.02. The topological polar surface area (TPSA) is 70.7 Å². The Morgan fingerprint density at radius 1 is 1.08 bits per heavy atom. The highest BCUT2D eigenvalue weighted by Gasteiger charge is 2.20. The molecule has 3 rings (SSSR count). The molecule has 136 valence electrons. The summed E-state index contributed by atoms with van der Waals surface area (Å²) >= 11 is 0. The molecular weight excluding hydrogens is 330 g/mol. The molecule has 0 saturated heterocycles. The number of urea groups is 1. The number of benzene rings is 2. The molecule has 0 aliphatic carbocycles. The van der Waals surface area contributed by atoms with Crippen LogP contribution in [0.4, 0.5) is 10.5 Å². The summed E-state index contributed by atoms with van der Waals surface area (Å²) in [4.78, 5) is 25.7. The number of carbonyl (C=O) groups excluding carboxylic acids is 2. The highest BCUT2D eigenvalue weighted by Crippen LogP contribution is 2.20. The van der Waals surface area contributed by atoms with Crippen LogP contribution in [0.25, 0.3) is 0 Å². The van der Waals surface area contributed by atoms with Gasteiger partial charge < -0.3 is 20.3 Å². The minimum Gasteiger partial charge on any atom is -0.484 e. The van der Waals surface area contributed by atoms with E-state index in [1.54, 1.807) is 24.3 Å². The van der Waals surface area contributed by atoms with Crippen LogP contribution in [0.3, 0.4) is 0 Å². The standard InChI is InChI=1S/C20H23N3O3/c1-2-21-19(24)14-26-18-9-7-17(8-10-18)22-20(25)23-12-11-15-5-3-4-6-16(15)13-23/h3-10H,2,11-14H2,1H3,(H,21,24)(H,22,25). The molecule has 0 saturated carbocycles. The first-order valence-electron chi connectivity index (χ1n) is 8.78. The molecule has 6 nitrogen and oxygen atoms in total. The monoisotopic (exact) mass is 353 g/mol. The van der Waals surface area contributed by atoms with Crippen LogP contribution < -0.4 is 15.4 Å². The van der Waals surface area contributed by atoms with Crippen molar-refractivity contribution in [3.05, 3.63) is 59.7 Å². The molecule has 3 amide bonds. The number of likely N-dealkylation sites (N-methyl/N-ethyl adjacent to an activating group) is 1. The van der Waals surface area contributed by atoms with Crippen LogP contribution in [-0.4, -0.2) is 36.5 Å². The van der Waals surface area contributed by atoms with Gasteiger partial charge in [0.1, 0.15) is 5.75 Å². The average molecular weight is 353 g/mol. The molecule has 0 atom stereocenters. The van der Waals surface area contributed by atoms with E-state index < -0.39 is 0 Å². The number of hydrogen-bond donors (Lipinski definition) is 2. The summed E-state index contributed by atoms with van der Waals surface area (Å²) in [6.45, 7) is 3.74. The van der Waals surface area contributed by atoms with E-state index in [0.29, 0.717) is 31.1 Å². The van der Waals surface area contributed by atoms with Gasteiger partial charge >= 0.3 is 6.03 Å². The van der Waals surface area contributed by atoms with Crippen molar-refractivity contribution in [2.45, 2.75) is 19.9 Å². The number of carbonyl (C=O) groups is 2. The SMILES string of the molecule is CCNC(=O)COc1ccc(NC(=O)N2CCc3ccccc3C2)cc1. The predicted molar refractivity (Wildman–Crippen MR) is 100 cm³/mol. The third kappa shape index (κ3) is 4.53. The van der Waals surface area contributed by atoms with E-state index >= 15 is 0 Å². The zero-order chi connectivity index (χ0) is 18.4. The molecule has 0 unspecified atom stereocenters. The van der Waals surface area contributed by atoms with Crippen molar-refractivity contribution in [3.63, 3.8) is 0 Å². The maximum absolute atomic E-state index is 12.5. The lowest BCUT2D eigenvalue weighted by Crippen LogP contribution is -2.38. The number of rotatable bonds is 5. The van der Waals surface area contributed by atoms with Gasteiger partial charge in [-0.15, -0.1) is 0 Å². The maximum atomic E-state index is 12.5. The van der Waals surface area contributed by atoms with E-state index in [1.807, 2.05) is 24.0 Å². The lowest BCUT2D eigenvalue weighted by molar-refractivity contribution is -0.122. The Labute approximate surface area is 153 Å². The smallest absolute Gasteiger partial charge is 0.322 e. The molecule has 1 aliphatic heterocycles.